The zero-order valence-electron chi connectivity index (χ0n) is 16.1. The van der Waals surface area contributed by atoms with E-state index in [4.69, 9.17) is 4.98 Å². The Morgan fingerprint density at radius 3 is 2.86 bits per heavy atom. The van der Waals surface area contributed by atoms with Gasteiger partial charge in [0.25, 0.3) is 5.56 Å². The molecule has 7 nitrogen and oxygen atoms in total. The number of aromatic amines is 1. The summed E-state index contributed by atoms with van der Waals surface area (Å²) in [5.41, 5.74) is 1.90. The molecule has 0 saturated carbocycles. The molecular weight excluding hydrogens is 372 g/mol. The maximum atomic E-state index is 12.2. The van der Waals surface area contributed by atoms with Crippen molar-refractivity contribution in [3.05, 3.63) is 57.6 Å². The van der Waals surface area contributed by atoms with E-state index in [-0.39, 0.29) is 11.5 Å². The van der Waals surface area contributed by atoms with Gasteiger partial charge in [-0.3, -0.25) is 9.69 Å². The molecule has 1 unspecified atom stereocenters. The lowest BCUT2D eigenvalue weighted by atomic mass is 9.94. The van der Waals surface area contributed by atoms with Gasteiger partial charge < -0.3 is 9.88 Å². The van der Waals surface area contributed by atoms with Gasteiger partial charge in [-0.25, -0.2) is 15.0 Å². The molecule has 3 aromatic rings. The summed E-state index contributed by atoms with van der Waals surface area (Å²) in [7, 11) is 3.87. The Kier molecular flexibility index (Phi) is 5.50. The quantitative estimate of drug-likeness (QED) is 0.714. The predicted octanol–water partition coefficient (Wildman–Crippen LogP) is 2.73. The lowest BCUT2D eigenvalue weighted by Gasteiger charge is -2.32. The highest BCUT2D eigenvalue weighted by Gasteiger charge is 2.23. The van der Waals surface area contributed by atoms with Crippen LogP contribution in [0.5, 0.6) is 0 Å². The summed E-state index contributed by atoms with van der Waals surface area (Å²) in [5, 5.41) is 1.99. The van der Waals surface area contributed by atoms with E-state index in [1.807, 2.05) is 48.9 Å². The molecule has 28 heavy (non-hydrogen) atoms. The standard InChI is InChI=1S/C20H24N6OS/c1-25(2)20-21-10-14(11-22-20)12-26-7-3-5-15(13-26)16-9-18(27)24-19(23-16)17-6-4-8-28-17/h4,6,8-11,15H,3,5,7,12-13H2,1-2H3,(H,23,24,27). The summed E-state index contributed by atoms with van der Waals surface area (Å²) in [6, 6.07) is 5.61. The zero-order chi connectivity index (χ0) is 19.5. The molecule has 1 aliphatic heterocycles. The molecule has 0 aliphatic carbocycles. The van der Waals surface area contributed by atoms with Gasteiger partial charge in [-0.2, -0.15) is 0 Å². The minimum Gasteiger partial charge on any atom is -0.347 e. The third-order valence-electron chi connectivity index (χ3n) is 4.94. The molecule has 1 saturated heterocycles. The van der Waals surface area contributed by atoms with Crippen LogP contribution in [0.1, 0.15) is 30.0 Å². The normalized spacial score (nSPS) is 17.6. The van der Waals surface area contributed by atoms with Crippen LogP contribution < -0.4 is 10.5 Å². The smallest absolute Gasteiger partial charge is 0.251 e. The van der Waals surface area contributed by atoms with Gasteiger partial charge in [-0.1, -0.05) is 6.07 Å². The lowest BCUT2D eigenvalue weighted by molar-refractivity contribution is 0.198. The van der Waals surface area contributed by atoms with Gasteiger partial charge in [-0.15, -0.1) is 11.3 Å². The van der Waals surface area contributed by atoms with Crippen LogP contribution in [-0.2, 0) is 6.54 Å². The first-order valence-electron chi connectivity index (χ1n) is 9.44. The molecule has 0 spiro atoms. The van der Waals surface area contributed by atoms with Crippen LogP contribution in [0.4, 0.5) is 5.95 Å². The molecule has 4 heterocycles. The number of H-pyrrole nitrogens is 1. The molecule has 4 rings (SSSR count). The SMILES string of the molecule is CN(C)c1ncc(CN2CCCC(c3cc(=O)[nH]c(-c4cccs4)n3)C2)cn1. The molecular formula is C20H24N6OS. The van der Waals surface area contributed by atoms with Crippen LogP contribution in [-0.4, -0.2) is 52.0 Å². The summed E-state index contributed by atoms with van der Waals surface area (Å²) >= 11 is 1.59. The van der Waals surface area contributed by atoms with E-state index in [0.717, 1.165) is 48.6 Å². The van der Waals surface area contributed by atoms with Crippen LogP contribution in [0, 0.1) is 0 Å². The minimum atomic E-state index is -0.0850. The maximum Gasteiger partial charge on any atom is 0.251 e. The van der Waals surface area contributed by atoms with E-state index in [1.54, 1.807) is 17.4 Å². The highest BCUT2D eigenvalue weighted by Crippen LogP contribution is 2.28. The summed E-state index contributed by atoms with van der Waals surface area (Å²) in [6.45, 7) is 2.73. The first kappa shape index (κ1) is 18.8. The molecule has 8 heteroatoms. The Hall–Kier alpha value is -2.58. The van der Waals surface area contributed by atoms with Gasteiger partial charge >= 0.3 is 0 Å². The minimum absolute atomic E-state index is 0.0850. The highest BCUT2D eigenvalue weighted by atomic mass is 32.1. The van der Waals surface area contributed by atoms with Crippen LogP contribution >= 0.6 is 11.3 Å². The van der Waals surface area contributed by atoms with Gasteiger partial charge in [0.05, 0.1) is 10.6 Å². The number of nitrogens with one attached hydrogen (secondary N) is 1. The van der Waals surface area contributed by atoms with E-state index in [0.29, 0.717) is 11.8 Å². The van der Waals surface area contributed by atoms with Crippen LogP contribution in [0.3, 0.4) is 0 Å². The van der Waals surface area contributed by atoms with Gasteiger partial charge in [0.2, 0.25) is 5.95 Å². The van der Waals surface area contributed by atoms with Gasteiger partial charge in [0, 0.05) is 57.1 Å². The number of piperidine rings is 1. The largest absolute Gasteiger partial charge is 0.347 e. The lowest BCUT2D eigenvalue weighted by Crippen LogP contribution is -2.34. The third kappa shape index (κ3) is 4.28. The van der Waals surface area contributed by atoms with Crippen molar-refractivity contribution in [2.75, 3.05) is 32.1 Å². The first-order valence-corrected chi connectivity index (χ1v) is 10.3. The second-order valence-corrected chi connectivity index (χ2v) is 8.30. The number of anilines is 1. The average Bonchev–Trinajstić information content (AvgIpc) is 3.23. The number of likely N-dealkylation sites (tertiary alicyclic amines) is 1. The average molecular weight is 397 g/mol. The van der Waals surface area contributed by atoms with Crippen LogP contribution in [0.15, 0.2) is 40.8 Å². The molecule has 1 atom stereocenters. The number of nitrogens with zero attached hydrogens (tertiary/aromatic N) is 5. The fourth-order valence-electron chi connectivity index (χ4n) is 3.57. The van der Waals surface area contributed by atoms with Crippen molar-refractivity contribution in [1.82, 2.24) is 24.8 Å². The summed E-state index contributed by atoms with van der Waals surface area (Å²) in [6.07, 6.45) is 5.93. The summed E-state index contributed by atoms with van der Waals surface area (Å²) < 4.78 is 0. The van der Waals surface area contributed by atoms with Gasteiger partial charge in [0.1, 0.15) is 5.82 Å². The molecule has 0 amide bonds. The Labute approximate surface area is 168 Å². The van der Waals surface area contributed by atoms with E-state index in [1.165, 1.54) is 0 Å². The van der Waals surface area contributed by atoms with E-state index < -0.39 is 0 Å². The number of hydrogen-bond acceptors (Lipinski definition) is 7. The van der Waals surface area contributed by atoms with Crippen molar-refractivity contribution in [3.63, 3.8) is 0 Å². The number of hydrogen-bond donors (Lipinski definition) is 1. The Bertz CT molecular complexity index is 967. The molecule has 0 radical (unpaired) electrons. The number of rotatable bonds is 5. The molecule has 146 valence electrons. The molecule has 1 fully saturated rings. The molecule has 0 bridgehead atoms. The Morgan fingerprint density at radius 2 is 2.14 bits per heavy atom. The zero-order valence-corrected chi connectivity index (χ0v) is 16.9. The monoisotopic (exact) mass is 396 g/mol. The fraction of sp³-hybridized carbons (Fsp3) is 0.400. The second-order valence-electron chi connectivity index (χ2n) is 7.36. The molecule has 1 aliphatic rings. The number of thiophene rings is 1. The first-order chi connectivity index (χ1) is 13.6. The Morgan fingerprint density at radius 1 is 1.32 bits per heavy atom. The van der Waals surface area contributed by atoms with Crippen molar-refractivity contribution in [1.29, 1.82) is 0 Å². The van der Waals surface area contributed by atoms with Gasteiger partial charge in [-0.05, 0) is 30.8 Å². The second kappa shape index (κ2) is 8.20. The van der Waals surface area contributed by atoms with E-state index in [9.17, 15) is 4.79 Å². The summed E-state index contributed by atoms with van der Waals surface area (Å²) in [4.78, 5) is 33.9. The van der Waals surface area contributed by atoms with Gasteiger partial charge in [0.15, 0.2) is 0 Å². The topological polar surface area (TPSA) is 78.0 Å². The highest BCUT2D eigenvalue weighted by molar-refractivity contribution is 7.13. The van der Waals surface area contributed by atoms with Crippen molar-refractivity contribution in [2.45, 2.75) is 25.3 Å². The van der Waals surface area contributed by atoms with Crippen molar-refractivity contribution in [3.8, 4) is 10.7 Å². The summed E-state index contributed by atoms with van der Waals surface area (Å²) in [5.74, 6) is 1.65. The molecule has 0 aromatic carbocycles. The van der Waals surface area contributed by atoms with E-state index in [2.05, 4.69) is 19.9 Å². The number of aromatic nitrogens is 4. The van der Waals surface area contributed by atoms with Crippen molar-refractivity contribution in [2.24, 2.45) is 0 Å². The maximum absolute atomic E-state index is 12.2. The fourth-order valence-corrected chi connectivity index (χ4v) is 4.24. The van der Waals surface area contributed by atoms with E-state index >= 15 is 0 Å². The molecule has 1 N–H and O–H groups in total. The third-order valence-corrected chi connectivity index (χ3v) is 5.81. The molecule has 3 aromatic heterocycles. The Balaban J connectivity index is 1.49. The van der Waals surface area contributed by atoms with Crippen LogP contribution in [0.2, 0.25) is 0 Å². The van der Waals surface area contributed by atoms with Crippen molar-refractivity contribution >= 4 is 17.3 Å². The predicted molar refractivity (Wildman–Crippen MR) is 112 cm³/mol. The van der Waals surface area contributed by atoms with Crippen LogP contribution in [0.25, 0.3) is 10.7 Å². The van der Waals surface area contributed by atoms with Crippen molar-refractivity contribution < 1.29 is 0 Å².